The van der Waals surface area contributed by atoms with Crippen LogP contribution >= 0.6 is 23.4 Å². The van der Waals surface area contributed by atoms with E-state index in [9.17, 15) is 9.59 Å². The molecule has 0 aliphatic heterocycles. The zero-order chi connectivity index (χ0) is 16.5. The zero-order valence-corrected chi connectivity index (χ0v) is 14.5. The number of rotatable bonds is 9. The van der Waals surface area contributed by atoms with E-state index in [1.54, 1.807) is 24.3 Å². The highest BCUT2D eigenvalue weighted by Gasteiger charge is 2.13. The number of amides is 1. The summed E-state index contributed by atoms with van der Waals surface area (Å²) in [4.78, 5) is 23.8. The molecule has 1 aromatic rings. The number of hydrogen-bond donors (Lipinski definition) is 2. The van der Waals surface area contributed by atoms with Crippen molar-refractivity contribution in [2.75, 3.05) is 18.1 Å². The molecule has 4 nitrogen and oxygen atoms in total. The van der Waals surface area contributed by atoms with Crippen molar-refractivity contribution in [2.24, 2.45) is 11.7 Å². The highest BCUT2D eigenvalue weighted by molar-refractivity contribution is 8.00. The van der Waals surface area contributed by atoms with Gasteiger partial charge >= 0.3 is 0 Å². The van der Waals surface area contributed by atoms with E-state index in [-0.39, 0.29) is 29.2 Å². The number of carbonyl (C=O) groups excluding carboxylic acids is 2. The molecule has 1 amide bonds. The highest BCUT2D eigenvalue weighted by Crippen LogP contribution is 2.12. The maximum atomic E-state index is 11.9. The largest absolute Gasteiger partial charge is 0.351 e. The minimum atomic E-state index is -0.0787. The van der Waals surface area contributed by atoms with Crippen molar-refractivity contribution >= 4 is 35.1 Å². The number of hydrogen-bond acceptors (Lipinski definition) is 4. The number of carbonyl (C=O) groups is 2. The quantitative estimate of drug-likeness (QED) is 0.677. The molecule has 1 unspecified atom stereocenters. The molecule has 0 radical (unpaired) electrons. The molecule has 0 aliphatic carbocycles. The Kier molecular flexibility index (Phi) is 8.53. The van der Waals surface area contributed by atoms with Crippen molar-refractivity contribution in [3.63, 3.8) is 0 Å². The Morgan fingerprint density at radius 2 is 1.86 bits per heavy atom. The summed E-state index contributed by atoms with van der Waals surface area (Å²) in [5, 5.41) is 3.50. The third kappa shape index (κ3) is 7.29. The molecule has 0 spiro atoms. The second-order valence-corrected chi connectivity index (χ2v) is 6.97. The Morgan fingerprint density at radius 3 is 2.41 bits per heavy atom. The number of benzene rings is 1. The first-order valence-electron chi connectivity index (χ1n) is 7.28. The van der Waals surface area contributed by atoms with Crippen LogP contribution in [0.5, 0.6) is 0 Å². The van der Waals surface area contributed by atoms with Gasteiger partial charge in [0.15, 0.2) is 5.78 Å². The molecular formula is C16H23ClN2O2S. The third-order valence-corrected chi connectivity index (χ3v) is 4.22. The van der Waals surface area contributed by atoms with E-state index in [1.807, 2.05) is 0 Å². The number of nitrogens with one attached hydrogen (secondary N) is 1. The molecular weight excluding hydrogens is 320 g/mol. The predicted octanol–water partition coefficient (Wildman–Crippen LogP) is 2.75. The van der Waals surface area contributed by atoms with Crippen LogP contribution < -0.4 is 11.1 Å². The number of Topliss-reactive ketones (excluding diaryl/α,β-unsaturated/α-hetero) is 1. The normalized spacial score (nSPS) is 12.2. The van der Waals surface area contributed by atoms with Crippen molar-refractivity contribution in [3.8, 4) is 0 Å². The molecule has 0 saturated heterocycles. The van der Waals surface area contributed by atoms with Crippen molar-refractivity contribution < 1.29 is 9.59 Å². The highest BCUT2D eigenvalue weighted by atomic mass is 35.5. The van der Waals surface area contributed by atoms with Gasteiger partial charge in [-0.3, -0.25) is 9.59 Å². The maximum absolute atomic E-state index is 11.9. The van der Waals surface area contributed by atoms with Crippen LogP contribution in [0.2, 0.25) is 5.02 Å². The van der Waals surface area contributed by atoms with Crippen LogP contribution in [0.1, 0.15) is 30.6 Å². The lowest BCUT2D eigenvalue weighted by Gasteiger charge is -2.18. The van der Waals surface area contributed by atoms with Crippen molar-refractivity contribution in [2.45, 2.75) is 26.3 Å². The molecule has 122 valence electrons. The Morgan fingerprint density at radius 1 is 1.23 bits per heavy atom. The number of nitrogens with two attached hydrogens (primary N) is 1. The van der Waals surface area contributed by atoms with Gasteiger partial charge in [-0.2, -0.15) is 0 Å². The second-order valence-electron chi connectivity index (χ2n) is 5.55. The van der Waals surface area contributed by atoms with Crippen LogP contribution in [-0.4, -0.2) is 35.8 Å². The van der Waals surface area contributed by atoms with Crippen LogP contribution in [0.15, 0.2) is 24.3 Å². The smallest absolute Gasteiger partial charge is 0.230 e. The first-order valence-corrected chi connectivity index (χ1v) is 8.81. The fourth-order valence-electron chi connectivity index (χ4n) is 2.01. The summed E-state index contributed by atoms with van der Waals surface area (Å²) in [7, 11) is 0. The number of ketones is 1. The average molecular weight is 343 g/mol. The van der Waals surface area contributed by atoms with E-state index in [2.05, 4.69) is 19.2 Å². The molecule has 0 saturated carbocycles. The lowest BCUT2D eigenvalue weighted by Crippen LogP contribution is -2.41. The topological polar surface area (TPSA) is 72.2 Å². The fourth-order valence-corrected chi connectivity index (χ4v) is 2.86. The molecule has 0 bridgehead atoms. The standard InChI is InChI=1S/C16H23ClN2O2S/c1-11(2)7-14(8-18)19-16(21)10-22-9-15(20)12-3-5-13(17)6-4-12/h3-6,11,14H,7-10,18H2,1-2H3,(H,19,21). The molecule has 1 rings (SSSR count). The van der Waals surface area contributed by atoms with E-state index in [1.165, 1.54) is 11.8 Å². The van der Waals surface area contributed by atoms with Crippen molar-refractivity contribution in [3.05, 3.63) is 34.9 Å². The first-order chi connectivity index (χ1) is 10.4. The summed E-state index contributed by atoms with van der Waals surface area (Å²) in [6.45, 7) is 4.61. The first kappa shape index (κ1) is 19.0. The Hall–Kier alpha value is -1.04. The van der Waals surface area contributed by atoms with Gasteiger partial charge in [0.05, 0.1) is 11.5 Å². The van der Waals surface area contributed by atoms with E-state index in [4.69, 9.17) is 17.3 Å². The van der Waals surface area contributed by atoms with Crippen molar-refractivity contribution in [1.82, 2.24) is 5.32 Å². The minimum Gasteiger partial charge on any atom is -0.351 e. The summed E-state index contributed by atoms with van der Waals surface area (Å²) in [5.41, 5.74) is 6.26. The van der Waals surface area contributed by atoms with E-state index in [0.29, 0.717) is 23.0 Å². The summed E-state index contributed by atoms with van der Waals surface area (Å²) in [6.07, 6.45) is 0.858. The molecule has 6 heteroatoms. The Balaban J connectivity index is 2.32. The van der Waals surface area contributed by atoms with Crippen molar-refractivity contribution in [1.29, 1.82) is 0 Å². The summed E-state index contributed by atoms with van der Waals surface area (Å²) >= 11 is 7.09. The van der Waals surface area contributed by atoms with Gasteiger partial charge in [-0.1, -0.05) is 25.4 Å². The lowest BCUT2D eigenvalue weighted by molar-refractivity contribution is -0.119. The monoisotopic (exact) mass is 342 g/mol. The van der Waals surface area contributed by atoms with Crippen LogP contribution in [-0.2, 0) is 4.79 Å². The average Bonchev–Trinajstić information content (AvgIpc) is 2.46. The number of thioether (sulfide) groups is 1. The van der Waals surface area contributed by atoms with Gasteiger partial charge in [-0.15, -0.1) is 11.8 Å². The maximum Gasteiger partial charge on any atom is 0.230 e. The molecule has 0 fully saturated rings. The summed E-state index contributed by atoms with van der Waals surface area (Å²) in [6, 6.07) is 6.75. The van der Waals surface area contributed by atoms with Crippen LogP contribution in [0.25, 0.3) is 0 Å². The molecule has 0 aromatic heterocycles. The Bertz CT molecular complexity index is 491. The van der Waals surface area contributed by atoms with Gasteiger partial charge in [0.2, 0.25) is 5.91 Å². The summed E-state index contributed by atoms with van der Waals surface area (Å²) < 4.78 is 0. The zero-order valence-electron chi connectivity index (χ0n) is 13.0. The summed E-state index contributed by atoms with van der Waals surface area (Å²) in [5.74, 6) is 0.922. The van der Waals surface area contributed by atoms with Gasteiger partial charge in [0, 0.05) is 23.2 Å². The molecule has 1 aromatic carbocycles. The van der Waals surface area contributed by atoms with E-state index >= 15 is 0 Å². The molecule has 3 N–H and O–H groups in total. The van der Waals surface area contributed by atoms with E-state index < -0.39 is 0 Å². The number of halogens is 1. The molecule has 0 aliphatic rings. The molecule has 22 heavy (non-hydrogen) atoms. The van der Waals surface area contributed by atoms with E-state index in [0.717, 1.165) is 6.42 Å². The lowest BCUT2D eigenvalue weighted by atomic mass is 10.0. The van der Waals surface area contributed by atoms with Gasteiger partial charge in [0.25, 0.3) is 0 Å². The van der Waals surface area contributed by atoms with Crippen LogP contribution in [0.3, 0.4) is 0 Å². The SMILES string of the molecule is CC(C)CC(CN)NC(=O)CSCC(=O)c1ccc(Cl)cc1. The van der Waals surface area contributed by atoms with Crippen LogP contribution in [0, 0.1) is 5.92 Å². The minimum absolute atomic E-state index is 0.0000618. The molecule has 1 atom stereocenters. The van der Waals surface area contributed by atoms with Gasteiger partial charge in [-0.25, -0.2) is 0 Å². The van der Waals surface area contributed by atoms with Gasteiger partial charge in [0.1, 0.15) is 0 Å². The van der Waals surface area contributed by atoms with Gasteiger partial charge < -0.3 is 11.1 Å². The van der Waals surface area contributed by atoms with Crippen LogP contribution in [0.4, 0.5) is 0 Å². The Labute approximate surface area is 141 Å². The fraction of sp³-hybridized carbons (Fsp3) is 0.500. The van der Waals surface area contributed by atoms with Gasteiger partial charge in [-0.05, 0) is 36.6 Å². The molecule has 0 heterocycles. The predicted molar refractivity (Wildman–Crippen MR) is 93.5 cm³/mol. The third-order valence-electron chi connectivity index (χ3n) is 3.04. The second kappa shape index (κ2) is 9.87.